The number of benzene rings is 2. The van der Waals surface area contributed by atoms with Gasteiger partial charge in [-0.1, -0.05) is 36.4 Å². The molecule has 1 aromatic heterocycles. The van der Waals surface area contributed by atoms with Crippen molar-refractivity contribution >= 4 is 51.5 Å². The highest BCUT2D eigenvalue weighted by Crippen LogP contribution is 2.34. The van der Waals surface area contributed by atoms with Crippen LogP contribution in [-0.4, -0.2) is 43.5 Å². The van der Waals surface area contributed by atoms with E-state index in [4.69, 9.17) is 5.73 Å². The van der Waals surface area contributed by atoms with Gasteiger partial charge in [-0.25, -0.2) is 0 Å². The summed E-state index contributed by atoms with van der Waals surface area (Å²) in [6, 6.07) is 19.3. The largest absolute Gasteiger partial charge is 0.368 e. The van der Waals surface area contributed by atoms with Crippen LogP contribution in [-0.2, 0) is 11.2 Å². The first-order valence-electron chi connectivity index (χ1n) is 9.70. The molecular weight excluding hydrogens is 402 g/mol. The van der Waals surface area contributed by atoms with Crippen LogP contribution >= 0.6 is 23.7 Å². The molecule has 6 heteroatoms. The molecule has 1 amide bonds. The van der Waals surface area contributed by atoms with E-state index in [0.29, 0.717) is 0 Å². The predicted octanol–water partition coefficient (Wildman–Crippen LogP) is 4.19. The summed E-state index contributed by atoms with van der Waals surface area (Å²) in [5.41, 5.74) is 7.92. The molecular formula is C23H26ClN3OS. The van der Waals surface area contributed by atoms with Crippen LogP contribution in [0.2, 0.25) is 0 Å². The first-order chi connectivity index (χ1) is 13.7. The number of fused-ring (bicyclic) bond motifs is 1. The van der Waals surface area contributed by atoms with Gasteiger partial charge in [0.1, 0.15) is 0 Å². The summed E-state index contributed by atoms with van der Waals surface area (Å²) >= 11 is 1.69. The van der Waals surface area contributed by atoms with Crippen LogP contribution < -0.4 is 10.6 Å². The molecule has 0 aliphatic carbocycles. The molecule has 1 aliphatic rings. The summed E-state index contributed by atoms with van der Waals surface area (Å²) in [6.45, 7) is 5.36. The molecule has 2 heterocycles. The summed E-state index contributed by atoms with van der Waals surface area (Å²) in [5.74, 6) is -0.413. The van der Waals surface area contributed by atoms with Crippen molar-refractivity contribution in [2.45, 2.75) is 6.42 Å². The third-order valence-corrected chi connectivity index (χ3v) is 6.31. The molecule has 2 N–H and O–H groups in total. The van der Waals surface area contributed by atoms with E-state index in [9.17, 15) is 4.79 Å². The van der Waals surface area contributed by atoms with Gasteiger partial charge in [0.15, 0.2) is 0 Å². The lowest BCUT2D eigenvalue weighted by Gasteiger charge is -2.36. The molecule has 1 saturated heterocycles. The number of anilines is 1. The maximum Gasteiger partial charge on any atom is 0.241 e. The molecule has 4 nitrogen and oxygen atoms in total. The zero-order chi connectivity index (χ0) is 19.3. The summed E-state index contributed by atoms with van der Waals surface area (Å²) in [5, 5.41) is 1.26. The lowest BCUT2D eigenvalue weighted by Crippen LogP contribution is -2.47. The summed E-state index contributed by atoms with van der Waals surface area (Å²) < 4.78 is 1.24. The number of piperazine rings is 1. The number of amides is 1. The summed E-state index contributed by atoms with van der Waals surface area (Å²) in [6.07, 6.45) is 4.34. The van der Waals surface area contributed by atoms with Crippen molar-refractivity contribution < 1.29 is 4.79 Å². The molecule has 29 heavy (non-hydrogen) atoms. The fourth-order valence-electron chi connectivity index (χ4n) is 3.73. The normalized spacial score (nSPS) is 15.0. The molecule has 0 bridgehead atoms. The van der Waals surface area contributed by atoms with E-state index in [-0.39, 0.29) is 12.4 Å². The fourth-order valence-corrected chi connectivity index (χ4v) is 4.72. The second-order valence-corrected chi connectivity index (χ2v) is 8.25. The van der Waals surface area contributed by atoms with Gasteiger partial charge in [0.25, 0.3) is 0 Å². The van der Waals surface area contributed by atoms with Crippen molar-refractivity contribution in [2.24, 2.45) is 5.73 Å². The third kappa shape index (κ3) is 5.38. The average Bonchev–Trinajstić information content (AvgIpc) is 3.15. The van der Waals surface area contributed by atoms with Gasteiger partial charge in [0.05, 0.1) is 0 Å². The van der Waals surface area contributed by atoms with Crippen molar-refractivity contribution in [1.82, 2.24) is 4.90 Å². The van der Waals surface area contributed by atoms with Crippen LogP contribution in [0, 0.1) is 0 Å². The number of carbonyl (C=O) groups excluding carboxylic acids is 1. The van der Waals surface area contributed by atoms with Gasteiger partial charge in [-0.05, 0) is 36.3 Å². The number of nitrogens with two attached hydrogens (primary N) is 1. The fraction of sp³-hybridized carbons (Fsp3) is 0.261. The highest BCUT2D eigenvalue weighted by atomic mass is 35.5. The molecule has 1 aliphatic heterocycles. The van der Waals surface area contributed by atoms with Gasteiger partial charge in [0.2, 0.25) is 5.91 Å². The van der Waals surface area contributed by atoms with Crippen molar-refractivity contribution in [3.63, 3.8) is 0 Å². The topological polar surface area (TPSA) is 49.6 Å². The third-order valence-electron chi connectivity index (χ3n) is 5.24. The van der Waals surface area contributed by atoms with E-state index in [1.54, 1.807) is 17.4 Å². The molecule has 0 spiro atoms. The number of carbonyl (C=O) groups is 1. The Balaban J connectivity index is 0.00000240. The first-order valence-corrected chi connectivity index (χ1v) is 10.5. The number of primary amides is 1. The van der Waals surface area contributed by atoms with Crippen LogP contribution in [0.3, 0.4) is 0 Å². The second-order valence-electron chi connectivity index (χ2n) is 7.14. The Kier molecular flexibility index (Phi) is 7.31. The van der Waals surface area contributed by atoms with Gasteiger partial charge in [0, 0.05) is 59.5 Å². The van der Waals surface area contributed by atoms with Crippen LogP contribution in [0.1, 0.15) is 10.4 Å². The standard InChI is InChI=1S/C23H25N3OS.ClH/c24-23(27)10-9-19-17-20-21(7-4-8-22(20)28-19)26-15-13-25(14-16-26)12-11-18-5-2-1-3-6-18;/h1-10,17H,11-16H2,(H2,24,27);1H. The molecule has 3 aromatic rings. The lowest BCUT2D eigenvalue weighted by molar-refractivity contribution is -0.113. The molecule has 2 aromatic carbocycles. The molecule has 0 atom stereocenters. The van der Waals surface area contributed by atoms with Gasteiger partial charge < -0.3 is 10.6 Å². The molecule has 1 fully saturated rings. The minimum atomic E-state index is -0.413. The quantitative estimate of drug-likeness (QED) is 0.600. The van der Waals surface area contributed by atoms with E-state index < -0.39 is 5.91 Å². The van der Waals surface area contributed by atoms with Gasteiger partial charge in [-0.3, -0.25) is 9.69 Å². The summed E-state index contributed by atoms with van der Waals surface area (Å²) in [7, 11) is 0. The average molecular weight is 428 g/mol. The van der Waals surface area contributed by atoms with Crippen LogP contribution in [0.15, 0.2) is 60.7 Å². The smallest absolute Gasteiger partial charge is 0.241 e. The molecule has 0 unspecified atom stereocenters. The lowest BCUT2D eigenvalue weighted by atomic mass is 10.1. The van der Waals surface area contributed by atoms with Crippen molar-refractivity contribution in [1.29, 1.82) is 0 Å². The maximum atomic E-state index is 11.0. The van der Waals surface area contributed by atoms with E-state index >= 15 is 0 Å². The number of rotatable bonds is 6. The van der Waals surface area contributed by atoms with Crippen LogP contribution in [0.25, 0.3) is 16.2 Å². The number of nitrogens with zero attached hydrogens (tertiary/aromatic N) is 2. The zero-order valence-corrected chi connectivity index (χ0v) is 17.9. The maximum absolute atomic E-state index is 11.0. The monoisotopic (exact) mass is 427 g/mol. The predicted molar refractivity (Wildman–Crippen MR) is 126 cm³/mol. The number of thiophene rings is 1. The Labute approximate surface area is 182 Å². The van der Waals surface area contributed by atoms with Crippen LogP contribution in [0.4, 0.5) is 5.69 Å². The number of halogens is 1. The Morgan fingerprint density at radius 3 is 2.52 bits per heavy atom. The highest BCUT2D eigenvalue weighted by molar-refractivity contribution is 7.20. The minimum Gasteiger partial charge on any atom is -0.368 e. The van der Waals surface area contributed by atoms with Gasteiger partial charge in [-0.15, -0.1) is 23.7 Å². The second kappa shape index (κ2) is 9.92. The van der Waals surface area contributed by atoms with Crippen molar-refractivity contribution in [3.8, 4) is 0 Å². The number of hydrogen-bond donors (Lipinski definition) is 1. The minimum absolute atomic E-state index is 0. The Morgan fingerprint density at radius 1 is 1.03 bits per heavy atom. The molecule has 0 saturated carbocycles. The number of hydrogen-bond acceptors (Lipinski definition) is 4. The van der Waals surface area contributed by atoms with Gasteiger partial charge in [-0.2, -0.15) is 0 Å². The van der Waals surface area contributed by atoms with E-state index in [1.807, 2.05) is 0 Å². The Bertz CT molecular complexity index is 978. The first kappa shape index (κ1) is 21.4. The van der Waals surface area contributed by atoms with E-state index in [1.165, 1.54) is 27.4 Å². The molecule has 0 radical (unpaired) electrons. The van der Waals surface area contributed by atoms with Crippen molar-refractivity contribution in [2.75, 3.05) is 37.6 Å². The SMILES string of the molecule is Cl.NC(=O)C=Cc1cc2c(N3CCN(CCc4ccccc4)CC3)cccc2s1. The van der Waals surface area contributed by atoms with E-state index in [0.717, 1.165) is 44.0 Å². The van der Waals surface area contributed by atoms with Crippen molar-refractivity contribution in [3.05, 3.63) is 71.1 Å². The molecule has 4 rings (SSSR count). The highest BCUT2D eigenvalue weighted by Gasteiger charge is 2.19. The van der Waals surface area contributed by atoms with Gasteiger partial charge >= 0.3 is 0 Å². The Morgan fingerprint density at radius 2 is 1.79 bits per heavy atom. The molecule has 152 valence electrons. The Hall–Kier alpha value is -2.34. The zero-order valence-electron chi connectivity index (χ0n) is 16.3. The van der Waals surface area contributed by atoms with Crippen LogP contribution in [0.5, 0.6) is 0 Å². The summed E-state index contributed by atoms with van der Waals surface area (Å²) in [4.78, 5) is 17.1. The van der Waals surface area contributed by atoms with E-state index in [2.05, 4.69) is 64.4 Å².